The molecule has 0 bridgehead atoms. The minimum atomic E-state index is -0.682. The molecule has 1 rings (SSSR count). The largest absolute Gasteiger partial charge is 0.497 e. The van der Waals surface area contributed by atoms with Gasteiger partial charge in [-0.05, 0) is 13.1 Å². The number of hydrogen-bond donors (Lipinski definition) is 2. The minimum absolute atomic E-state index is 0.423. The van der Waals surface area contributed by atoms with E-state index in [2.05, 4.69) is 5.32 Å². The average molecular weight is 241 g/mol. The van der Waals surface area contributed by atoms with Crippen LogP contribution in [0.3, 0.4) is 0 Å². The maximum Gasteiger partial charge on any atom is 0.166 e. The molecule has 0 spiro atoms. The van der Waals surface area contributed by atoms with Crippen molar-refractivity contribution in [1.82, 2.24) is 5.32 Å². The summed E-state index contributed by atoms with van der Waals surface area (Å²) in [4.78, 5) is 0. The molecule has 0 aliphatic heterocycles. The first-order chi connectivity index (χ1) is 8.17. The molecule has 0 heterocycles. The van der Waals surface area contributed by atoms with Crippen LogP contribution in [0.1, 0.15) is 11.7 Å². The third kappa shape index (κ3) is 3.01. The molecule has 2 N–H and O–H groups in total. The maximum atomic E-state index is 10.0. The van der Waals surface area contributed by atoms with E-state index in [4.69, 9.17) is 14.2 Å². The summed E-state index contributed by atoms with van der Waals surface area (Å²) < 4.78 is 15.6. The molecule has 17 heavy (non-hydrogen) atoms. The molecule has 0 aliphatic carbocycles. The molecule has 1 aromatic rings. The highest BCUT2D eigenvalue weighted by atomic mass is 16.5. The summed E-state index contributed by atoms with van der Waals surface area (Å²) in [5, 5.41) is 12.9. The number of methoxy groups -OCH3 is 3. The molecule has 1 unspecified atom stereocenters. The van der Waals surface area contributed by atoms with Gasteiger partial charge in [-0.2, -0.15) is 0 Å². The predicted octanol–water partition coefficient (Wildman–Crippen LogP) is 0.965. The molecule has 1 atom stereocenters. The van der Waals surface area contributed by atoms with Crippen molar-refractivity contribution in [2.75, 3.05) is 34.9 Å². The third-order valence-electron chi connectivity index (χ3n) is 2.47. The second kappa shape index (κ2) is 6.32. The fourth-order valence-corrected chi connectivity index (χ4v) is 1.64. The summed E-state index contributed by atoms with van der Waals surface area (Å²) in [6.45, 7) is 0.423. The third-order valence-corrected chi connectivity index (χ3v) is 2.47. The van der Waals surface area contributed by atoms with Crippen molar-refractivity contribution in [3.63, 3.8) is 0 Å². The molecule has 0 saturated heterocycles. The Labute approximate surface area is 101 Å². The van der Waals surface area contributed by atoms with Crippen LogP contribution in [-0.4, -0.2) is 40.0 Å². The molecule has 0 aliphatic rings. The van der Waals surface area contributed by atoms with Crippen molar-refractivity contribution in [3.05, 3.63) is 17.7 Å². The molecule has 0 fully saturated rings. The van der Waals surface area contributed by atoms with E-state index < -0.39 is 6.10 Å². The van der Waals surface area contributed by atoms with Crippen LogP contribution in [0.2, 0.25) is 0 Å². The fraction of sp³-hybridized carbons (Fsp3) is 0.500. The van der Waals surface area contributed by atoms with Gasteiger partial charge < -0.3 is 24.6 Å². The van der Waals surface area contributed by atoms with Gasteiger partial charge in [-0.1, -0.05) is 0 Å². The second-order valence-corrected chi connectivity index (χ2v) is 3.53. The zero-order valence-electron chi connectivity index (χ0n) is 10.6. The van der Waals surface area contributed by atoms with Crippen LogP contribution in [0.25, 0.3) is 0 Å². The quantitative estimate of drug-likeness (QED) is 0.777. The predicted molar refractivity (Wildman–Crippen MR) is 65.0 cm³/mol. The molecule has 5 heteroatoms. The zero-order chi connectivity index (χ0) is 12.8. The number of likely N-dealkylation sites (N-methyl/N-ethyl adjacent to an activating group) is 1. The standard InChI is InChI=1S/C12H19NO4/c1-13-7-10(14)9-5-8(15-2)6-11(16-3)12(9)17-4/h5-6,10,13-14H,7H2,1-4H3. The number of ether oxygens (including phenoxy) is 3. The Kier molecular flexibility index (Phi) is 5.06. The molecule has 1 aromatic carbocycles. The van der Waals surface area contributed by atoms with Crippen LogP contribution in [0.4, 0.5) is 0 Å². The molecule has 0 aromatic heterocycles. The van der Waals surface area contributed by atoms with Crippen molar-refractivity contribution < 1.29 is 19.3 Å². The Hall–Kier alpha value is -1.46. The lowest BCUT2D eigenvalue weighted by atomic mass is 10.1. The van der Waals surface area contributed by atoms with Gasteiger partial charge in [0.1, 0.15) is 5.75 Å². The molecule has 5 nitrogen and oxygen atoms in total. The first kappa shape index (κ1) is 13.6. The van der Waals surface area contributed by atoms with Crippen LogP contribution in [0.15, 0.2) is 12.1 Å². The Morgan fingerprint density at radius 2 is 1.88 bits per heavy atom. The number of benzene rings is 1. The monoisotopic (exact) mass is 241 g/mol. The number of aliphatic hydroxyl groups is 1. The fourth-order valence-electron chi connectivity index (χ4n) is 1.64. The van der Waals surface area contributed by atoms with Crippen molar-refractivity contribution >= 4 is 0 Å². The van der Waals surface area contributed by atoms with Gasteiger partial charge >= 0.3 is 0 Å². The van der Waals surface area contributed by atoms with Crippen molar-refractivity contribution in [2.45, 2.75) is 6.10 Å². The van der Waals surface area contributed by atoms with Gasteiger partial charge in [0.2, 0.25) is 0 Å². The van der Waals surface area contributed by atoms with Crippen LogP contribution in [-0.2, 0) is 0 Å². The van der Waals surface area contributed by atoms with Gasteiger partial charge in [0.25, 0.3) is 0 Å². The van der Waals surface area contributed by atoms with Gasteiger partial charge in [-0.25, -0.2) is 0 Å². The van der Waals surface area contributed by atoms with Gasteiger partial charge in [0.15, 0.2) is 11.5 Å². The smallest absolute Gasteiger partial charge is 0.166 e. The normalized spacial score (nSPS) is 12.1. The Morgan fingerprint density at radius 3 is 2.35 bits per heavy atom. The van der Waals surface area contributed by atoms with Crippen LogP contribution < -0.4 is 19.5 Å². The van der Waals surface area contributed by atoms with Gasteiger partial charge in [-0.3, -0.25) is 0 Å². The number of aliphatic hydroxyl groups excluding tert-OH is 1. The lowest BCUT2D eigenvalue weighted by molar-refractivity contribution is 0.172. The van der Waals surface area contributed by atoms with E-state index in [1.54, 1.807) is 40.5 Å². The zero-order valence-corrected chi connectivity index (χ0v) is 10.6. The van der Waals surface area contributed by atoms with Crippen LogP contribution in [0.5, 0.6) is 17.2 Å². The summed E-state index contributed by atoms with van der Waals surface area (Å²) in [5.41, 5.74) is 0.637. The SMILES string of the molecule is CNCC(O)c1cc(OC)cc(OC)c1OC. The summed E-state index contributed by atoms with van der Waals surface area (Å²) >= 11 is 0. The summed E-state index contributed by atoms with van der Waals surface area (Å²) in [5.74, 6) is 1.68. The van der Waals surface area contributed by atoms with Crippen molar-refractivity contribution in [1.29, 1.82) is 0 Å². The minimum Gasteiger partial charge on any atom is -0.497 e. The van der Waals surface area contributed by atoms with Crippen LogP contribution >= 0.6 is 0 Å². The Morgan fingerprint density at radius 1 is 1.18 bits per heavy atom. The maximum absolute atomic E-state index is 10.0. The molecule has 0 saturated carbocycles. The van der Waals surface area contributed by atoms with E-state index in [1.807, 2.05) is 0 Å². The summed E-state index contributed by atoms with van der Waals surface area (Å²) in [6.07, 6.45) is -0.682. The lowest BCUT2D eigenvalue weighted by Crippen LogP contribution is -2.17. The van der Waals surface area contributed by atoms with E-state index >= 15 is 0 Å². The first-order valence-electron chi connectivity index (χ1n) is 5.30. The second-order valence-electron chi connectivity index (χ2n) is 3.53. The average Bonchev–Trinajstić information content (AvgIpc) is 2.37. The van der Waals surface area contributed by atoms with E-state index in [9.17, 15) is 5.11 Å². The van der Waals surface area contributed by atoms with E-state index in [0.717, 1.165) is 0 Å². The van der Waals surface area contributed by atoms with E-state index in [-0.39, 0.29) is 0 Å². The summed E-state index contributed by atoms with van der Waals surface area (Å²) in [7, 11) is 6.42. The van der Waals surface area contributed by atoms with Crippen molar-refractivity contribution in [2.24, 2.45) is 0 Å². The molecular formula is C12H19NO4. The highest BCUT2D eigenvalue weighted by Gasteiger charge is 2.18. The topological polar surface area (TPSA) is 60.0 Å². The Bertz CT molecular complexity index is 368. The summed E-state index contributed by atoms with van der Waals surface area (Å²) in [6, 6.07) is 3.46. The van der Waals surface area contributed by atoms with Gasteiger partial charge in [0.05, 0.1) is 27.4 Å². The molecule has 96 valence electrons. The first-order valence-corrected chi connectivity index (χ1v) is 5.30. The van der Waals surface area contributed by atoms with E-state index in [0.29, 0.717) is 29.4 Å². The van der Waals surface area contributed by atoms with Gasteiger partial charge in [0, 0.05) is 18.2 Å². The van der Waals surface area contributed by atoms with E-state index in [1.165, 1.54) is 0 Å². The van der Waals surface area contributed by atoms with Gasteiger partial charge in [-0.15, -0.1) is 0 Å². The highest BCUT2D eigenvalue weighted by molar-refractivity contribution is 5.52. The molecular weight excluding hydrogens is 222 g/mol. The lowest BCUT2D eigenvalue weighted by Gasteiger charge is -2.18. The Balaban J connectivity index is 3.23. The van der Waals surface area contributed by atoms with Crippen molar-refractivity contribution in [3.8, 4) is 17.2 Å². The molecule has 0 amide bonds. The highest BCUT2D eigenvalue weighted by Crippen LogP contribution is 2.38. The molecule has 0 radical (unpaired) electrons. The number of nitrogens with one attached hydrogen (secondary N) is 1. The van der Waals surface area contributed by atoms with Crippen LogP contribution in [0, 0.1) is 0 Å². The number of hydrogen-bond acceptors (Lipinski definition) is 5. The number of rotatable bonds is 6.